The summed E-state index contributed by atoms with van der Waals surface area (Å²) in [5.74, 6) is -0.481. The zero-order valence-corrected chi connectivity index (χ0v) is 6.78. The van der Waals surface area contributed by atoms with Crippen LogP contribution in [0.2, 0.25) is 0 Å². The molecule has 0 atom stereocenters. The third-order valence-corrected chi connectivity index (χ3v) is 1.47. The molecule has 0 aromatic carbocycles. The largest absolute Gasteiger partial charge is 0.373 e. The van der Waals surface area contributed by atoms with Crippen molar-refractivity contribution in [2.75, 3.05) is 6.61 Å². The maximum Gasteiger partial charge on any atom is 0.373 e. The Bertz CT molecular complexity index is 105. The molecule has 0 aliphatic heterocycles. The van der Waals surface area contributed by atoms with Gasteiger partial charge in [-0.3, -0.25) is 15.1 Å². The van der Waals surface area contributed by atoms with Crippen LogP contribution in [-0.4, -0.2) is 12.4 Å². The van der Waals surface area contributed by atoms with Crippen molar-refractivity contribution in [3.63, 3.8) is 0 Å². The molecule has 0 aromatic rings. The SMILES string of the molecule is CC(=O)CO[I+3]([O-])([O-])[O-]. The molecular formula is C3H5IO5. The predicted octanol–water partition coefficient (Wildman–Crippen LogP) is -6.51. The number of halogens is 1. The molecule has 54 valence electrons. The number of carbonyl (C=O) groups is 1. The van der Waals surface area contributed by atoms with Crippen molar-refractivity contribution in [1.29, 1.82) is 0 Å². The summed E-state index contributed by atoms with van der Waals surface area (Å²) in [7, 11) is 0. The minimum absolute atomic E-state index is 0.481. The first-order valence-electron chi connectivity index (χ1n) is 1.96. The second-order valence-electron chi connectivity index (χ2n) is 1.33. The topological polar surface area (TPSA) is 95.5 Å². The Hall–Kier alpha value is 0.240. The molecule has 0 unspecified atom stereocenters. The lowest BCUT2D eigenvalue weighted by Crippen LogP contribution is -4.24. The number of ketones is 1. The number of Topliss-reactive ketones (excluding diaryl/α,β-unsaturated/α-hetero) is 1. The van der Waals surface area contributed by atoms with Crippen molar-refractivity contribution in [3.8, 4) is 0 Å². The van der Waals surface area contributed by atoms with Gasteiger partial charge in [0.2, 0.25) is 6.61 Å². The normalized spacial score (nSPS) is 11.6. The summed E-state index contributed by atoms with van der Waals surface area (Å²) < 4.78 is 32.8. The van der Waals surface area contributed by atoms with Gasteiger partial charge in [-0.15, -0.1) is 0 Å². The second kappa shape index (κ2) is 3.42. The number of rotatable bonds is 3. The fraction of sp³-hybridized carbons (Fsp3) is 0.667. The number of hydrogen-bond donors (Lipinski definition) is 0. The Kier molecular flexibility index (Phi) is 3.51. The molecule has 9 heavy (non-hydrogen) atoms. The smallest absolute Gasteiger partial charge is 0.297 e. The lowest BCUT2D eigenvalue weighted by molar-refractivity contribution is -1.92. The highest BCUT2D eigenvalue weighted by Crippen LogP contribution is 1.61. The van der Waals surface area contributed by atoms with Crippen LogP contribution in [0.15, 0.2) is 0 Å². The summed E-state index contributed by atoms with van der Waals surface area (Å²) in [5.41, 5.74) is 0. The molecule has 0 heterocycles. The molecule has 0 aromatic heterocycles. The van der Waals surface area contributed by atoms with Crippen molar-refractivity contribution in [1.82, 2.24) is 0 Å². The van der Waals surface area contributed by atoms with Gasteiger partial charge < -0.3 is 0 Å². The lowest BCUT2D eigenvalue weighted by atomic mass is 10.5. The Morgan fingerprint density at radius 2 is 2.00 bits per heavy atom. The lowest BCUT2D eigenvalue weighted by Gasteiger charge is -2.02. The highest BCUT2D eigenvalue weighted by molar-refractivity contribution is 5.76. The van der Waals surface area contributed by atoms with E-state index >= 15 is 0 Å². The van der Waals surface area contributed by atoms with Crippen molar-refractivity contribution in [2.24, 2.45) is 0 Å². The zero-order valence-electron chi connectivity index (χ0n) is 4.63. The molecule has 0 aliphatic carbocycles. The van der Waals surface area contributed by atoms with Crippen LogP contribution in [0.1, 0.15) is 6.92 Å². The molecule has 0 radical (unpaired) electrons. The zero-order chi connectivity index (χ0) is 7.49. The molecule has 0 rings (SSSR count). The fourth-order valence-corrected chi connectivity index (χ4v) is 0.964. The van der Waals surface area contributed by atoms with Crippen LogP contribution in [0, 0.1) is 0 Å². The Morgan fingerprint density at radius 3 is 2.11 bits per heavy atom. The van der Waals surface area contributed by atoms with Crippen LogP contribution < -0.4 is 30.4 Å². The van der Waals surface area contributed by atoms with E-state index in [0.29, 0.717) is 0 Å². The third kappa shape index (κ3) is 8.24. The minimum atomic E-state index is -5.56. The third-order valence-electron chi connectivity index (χ3n) is 0.391. The maximum atomic E-state index is 9.98. The monoisotopic (exact) mass is 248 g/mol. The minimum Gasteiger partial charge on any atom is -0.297 e. The first kappa shape index (κ1) is 9.24. The highest BCUT2D eigenvalue weighted by atomic mass is 127. The van der Waals surface area contributed by atoms with E-state index < -0.39 is 32.5 Å². The highest BCUT2D eigenvalue weighted by Gasteiger charge is 2.26. The molecule has 0 amide bonds. The molecule has 0 fully saturated rings. The second-order valence-corrected chi connectivity index (χ2v) is 4.11. The van der Waals surface area contributed by atoms with E-state index in [1.165, 1.54) is 0 Å². The first-order valence-corrected chi connectivity index (χ1v) is 5.49. The van der Waals surface area contributed by atoms with Gasteiger partial charge in [0, 0.05) is 3.07 Å². The fourth-order valence-electron chi connectivity index (χ4n) is 0.144. The summed E-state index contributed by atoms with van der Waals surface area (Å²) in [4.78, 5) is 9.98. The maximum absolute atomic E-state index is 9.98. The standard InChI is InChI=1S/C3H5IO5/c1-3(5)2-9-4(6,7)8/h2H2,1H3. The summed E-state index contributed by atoms with van der Waals surface area (Å²) in [5, 5.41) is 0. The van der Waals surface area contributed by atoms with Gasteiger partial charge in [-0.1, -0.05) is 0 Å². The number of carbonyl (C=O) groups excluding carboxylic acids is 1. The molecule has 5 nitrogen and oxygen atoms in total. The van der Waals surface area contributed by atoms with E-state index in [9.17, 15) is 15.1 Å². The van der Waals surface area contributed by atoms with E-state index in [-0.39, 0.29) is 0 Å². The van der Waals surface area contributed by atoms with Crippen LogP contribution in [0.3, 0.4) is 0 Å². The molecule has 0 aliphatic rings. The van der Waals surface area contributed by atoms with Crippen molar-refractivity contribution in [3.05, 3.63) is 0 Å². The molecule has 0 bridgehead atoms. The van der Waals surface area contributed by atoms with Crippen LogP contribution in [0.25, 0.3) is 0 Å². The summed E-state index contributed by atoms with van der Waals surface area (Å²) in [6, 6.07) is 0. The van der Waals surface area contributed by atoms with Gasteiger partial charge in [0.1, 0.15) is 0 Å². The van der Waals surface area contributed by atoms with E-state index in [0.717, 1.165) is 6.92 Å². The van der Waals surface area contributed by atoms with Gasteiger partial charge in [-0.2, -0.15) is 0 Å². The van der Waals surface area contributed by atoms with E-state index in [1.807, 2.05) is 0 Å². The van der Waals surface area contributed by atoms with Crippen LogP contribution in [0.4, 0.5) is 0 Å². The van der Waals surface area contributed by atoms with Crippen molar-refractivity contribution >= 4 is 5.78 Å². The molecule has 0 saturated carbocycles. The van der Waals surface area contributed by atoms with Crippen LogP contribution in [0.5, 0.6) is 0 Å². The van der Waals surface area contributed by atoms with Gasteiger partial charge in [0.05, 0.1) is 0 Å². The molecule has 0 saturated heterocycles. The van der Waals surface area contributed by atoms with E-state index in [2.05, 4.69) is 3.07 Å². The number of hydrogen-bond acceptors (Lipinski definition) is 5. The quantitative estimate of drug-likeness (QED) is 0.463. The van der Waals surface area contributed by atoms with Gasteiger partial charge >= 0.3 is 20.1 Å². The van der Waals surface area contributed by atoms with Crippen LogP contribution >= 0.6 is 0 Å². The van der Waals surface area contributed by atoms with Gasteiger partial charge in [-0.25, -0.2) is 0 Å². The van der Waals surface area contributed by atoms with E-state index in [1.54, 1.807) is 0 Å². The van der Waals surface area contributed by atoms with Crippen LogP contribution in [-0.2, 0) is 7.86 Å². The van der Waals surface area contributed by atoms with E-state index in [4.69, 9.17) is 0 Å². The summed E-state index contributed by atoms with van der Waals surface area (Å²) in [6.07, 6.45) is 0. The summed E-state index contributed by atoms with van der Waals surface area (Å²) >= 11 is -5.56. The first-order chi connectivity index (χ1) is 3.92. The van der Waals surface area contributed by atoms with Crippen molar-refractivity contribution in [2.45, 2.75) is 6.92 Å². The predicted molar refractivity (Wildman–Crippen MR) is 16.6 cm³/mol. The van der Waals surface area contributed by atoms with Crippen molar-refractivity contribution < 1.29 is 38.3 Å². The molecule has 6 heteroatoms. The van der Waals surface area contributed by atoms with Gasteiger partial charge in [-0.05, 0) is 6.92 Å². The Balaban J connectivity index is 3.39. The van der Waals surface area contributed by atoms with Gasteiger partial charge in [0.25, 0.3) is 0 Å². The molecular weight excluding hydrogens is 243 g/mol. The summed E-state index contributed by atoms with van der Waals surface area (Å²) in [6.45, 7) is 0.500. The average molecular weight is 248 g/mol. The Morgan fingerprint density at radius 1 is 1.56 bits per heavy atom. The molecule has 0 N–H and O–H groups in total. The Labute approximate surface area is 58.0 Å². The average Bonchev–Trinajstić information content (AvgIpc) is 1.59. The molecule has 0 spiro atoms. The van der Waals surface area contributed by atoms with Gasteiger partial charge in [0.15, 0.2) is 5.78 Å².